The van der Waals surface area contributed by atoms with Gasteiger partial charge in [-0.2, -0.15) is 0 Å². The Balaban J connectivity index is 2.04. The van der Waals surface area contributed by atoms with Gasteiger partial charge in [0, 0.05) is 5.41 Å². The third-order valence-corrected chi connectivity index (χ3v) is 4.73. The van der Waals surface area contributed by atoms with Gasteiger partial charge in [0.25, 0.3) is 0 Å². The van der Waals surface area contributed by atoms with E-state index < -0.39 is 19.0 Å². The average molecular weight is 399 g/mol. The minimum Gasteiger partial charge on any atom is -0.491 e. The fraction of sp³-hybridized carbons (Fsp3) is 0.429. The van der Waals surface area contributed by atoms with Crippen molar-refractivity contribution < 1.29 is 23.4 Å². The van der Waals surface area contributed by atoms with Gasteiger partial charge < -0.3 is 14.6 Å². The Morgan fingerprint density at radius 3 is 1.78 bits per heavy atom. The van der Waals surface area contributed by atoms with Gasteiger partial charge in [0.1, 0.15) is 37.5 Å². The highest BCUT2D eigenvalue weighted by Crippen LogP contribution is 2.33. The first-order valence-corrected chi connectivity index (χ1v) is 9.31. The van der Waals surface area contributed by atoms with Crippen molar-refractivity contribution in [2.75, 3.05) is 25.8 Å². The largest absolute Gasteiger partial charge is 0.491 e. The number of hydrogen-bond acceptors (Lipinski definition) is 3. The fourth-order valence-corrected chi connectivity index (χ4v) is 2.66. The number of benzene rings is 2. The van der Waals surface area contributed by atoms with Crippen LogP contribution in [0.5, 0.6) is 11.5 Å². The molecule has 2 atom stereocenters. The lowest BCUT2D eigenvalue weighted by atomic mass is 9.78. The molecule has 0 unspecified atom stereocenters. The second-order valence-electron chi connectivity index (χ2n) is 6.86. The van der Waals surface area contributed by atoms with Crippen molar-refractivity contribution in [2.24, 2.45) is 0 Å². The molecule has 2 rings (SSSR count). The van der Waals surface area contributed by atoms with Crippen molar-refractivity contribution in [3.05, 3.63) is 59.7 Å². The van der Waals surface area contributed by atoms with Crippen LogP contribution in [0.2, 0.25) is 0 Å². The molecule has 0 amide bonds. The number of alkyl halides is 3. The number of aliphatic hydroxyl groups is 1. The summed E-state index contributed by atoms with van der Waals surface area (Å²) in [7, 11) is 0. The molecule has 0 aliphatic heterocycles. The second kappa shape index (κ2) is 9.90. The van der Waals surface area contributed by atoms with Crippen LogP contribution < -0.4 is 9.47 Å². The minimum atomic E-state index is -1.60. The maximum atomic E-state index is 12.9. The molecule has 0 saturated carbocycles. The Bertz CT molecular complexity index is 630. The van der Waals surface area contributed by atoms with E-state index in [2.05, 4.69) is 13.8 Å². The second-order valence-corrected chi connectivity index (χ2v) is 7.16. The van der Waals surface area contributed by atoms with Gasteiger partial charge in [-0.1, -0.05) is 38.1 Å². The Labute approximate surface area is 163 Å². The van der Waals surface area contributed by atoms with Crippen molar-refractivity contribution in [2.45, 2.75) is 31.5 Å². The van der Waals surface area contributed by atoms with Crippen LogP contribution in [0.1, 0.15) is 25.0 Å². The molecule has 0 aliphatic carbocycles. The molecule has 0 fully saturated rings. The summed E-state index contributed by atoms with van der Waals surface area (Å²) in [6, 6.07) is 15.0. The number of halogens is 3. The van der Waals surface area contributed by atoms with Crippen molar-refractivity contribution >= 4 is 11.6 Å². The van der Waals surface area contributed by atoms with E-state index >= 15 is 0 Å². The van der Waals surface area contributed by atoms with Gasteiger partial charge in [0.15, 0.2) is 6.17 Å². The molecule has 2 aromatic carbocycles. The maximum Gasteiger partial charge on any atom is 0.162 e. The molecule has 6 heteroatoms. The fourth-order valence-electron chi connectivity index (χ4n) is 2.57. The van der Waals surface area contributed by atoms with Crippen LogP contribution in [0, 0.1) is 0 Å². The standard InChI is InChI=1S/C21H25ClF2O3/c1-21(2,15-3-7-19(8-4-15)26-13-17(24)12-23)16-5-9-20(10-6-16)27-14-18(25)11-22/h3-10,17-18,25H,11-14H2,1-2H3/t17-,18-/m1/s1. The van der Waals surface area contributed by atoms with Crippen LogP contribution in [-0.4, -0.2) is 43.2 Å². The van der Waals surface area contributed by atoms with Gasteiger partial charge in [0.05, 0.1) is 5.88 Å². The van der Waals surface area contributed by atoms with Crippen LogP contribution in [-0.2, 0) is 5.41 Å². The lowest BCUT2D eigenvalue weighted by Gasteiger charge is -2.26. The highest BCUT2D eigenvalue weighted by atomic mass is 35.5. The zero-order valence-corrected chi connectivity index (χ0v) is 16.3. The molecule has 0 bridgehead atoms. The summed E-state index contributed by atoms with van der Waals surface area (Å²) in [5.74, 6) is 1.30. The maximum absolute atomic E-state index is 12.9. The summed E-state index contributed by atoms with van der Waals surface area (Å²) in [5, 5.41) is 9.45. The van der Waals surface area contributed by atoms with Crippen molar-refractivity contribution in [1.29, 1.82) is 0 Å². The summed E-state index contributed by atoms with van der Waals surface area (Å²) >= 11 is 5.55. The number of ether oxygens (including phenoxy) is 2. The first-order valence-electron chi connectivity index (χ1n) is 8.77. The Morgan fingerprint density at radius 1 is 0.926 bits per heavy atom. The molecule has 0 aromatic heterocycles. The van der Waals surface area contributed by atoms with Gasteiger partial charge >= 0.3 is 0 Å². The van der Waals surface area contributed by atoms with Crippen LogP contribution in [0.25, 0.3) is 0 Å². The zero-order valence-electron chi connectivity index (χ0n) is 15.5. The molecule has 3 nitrogen and oxygen atoms in total. The Hall–Kier alpha value is -1.85. The van der Waals surface area contributed by atoms with E-state index in [-0.39, 0.29) is 24.5 Å². The van der Waals surface area contributed by atoms with Gasteiger partial charge in [-0.05, 0) is 35.4 Å². The van der Waals surface area contributed by atoms with Gasteiger partial charge in [-0.3, -0.25) is 0 Å². The highest BCUT2D eigenvalue weighted by Gasteiger charge is 2.23. The molecule has 148 valence electrons. The summed E-state index contributed by atoms with van der Waals surface area (Å²) in [6.07, 6.45) is -2.30. The van der Waals surface area contributed by atoms with Gasteiger partial charge in [-0.25, -0.2) is 8.78 Å². The van der Waals surface area contributed by atoms with E-state index in [9.17, 15) is 13.9 Å². The first kappa shape index (κ1) is 21.5. The summed E-state index contributed by atoms with van der Waals surface area (Å²) in [6.45, 7) is 3.00. The summed E-state index contributed by atoms with van der Waals surface area (Å²) in [4.78, 5) is 0. The highest BCUT2D eigenvalue weighted by molar-refractivity contribution is 6.18. The summed E-state index contributed by atoms with van der Waals surface area (Å²) in [5.41, 5.74) is 1.87. The van der Waals surface area contributed by atoms with E-state index in [1.165, 1.54) is 0 Å². The monoisotopic (exact) mass is 398 g/mol. The van der Waals surface area contributed by atoms with Crippen LogP contribution in [0.4, 0.5) is 8.78 Å². The van der Waals surface area contributed by atoms with Crippen LogP contribution in [0.3, 0.4) is 0 Å². The van der Waals surface area contributed by atoms with Crippen molar-refractivity contribution in [3.8, 4) is 11.5 Å². The third-order valence-electron chi connectivity index (χ3n) is 4.37. The van der Waals surface area contributed by atoms with E-state index in [0.29, 0.717) is 11.5 Å². The molecule has 0 spiro atoms. The summed E-state index contributed by atoms with van der Waals surface area (Å²) < 4.78 is 35.8. The lowest BCUT2D eigenvalue weighted by molar-refractivity contribution is 0.125. The molecule has 27 heavy (non-hydrogen) atoms. The lowest BCUT2D eigenvalue weighted by Crippen LogP contribution is -2.20. The predicted molar refractivity (Wildman–Crippen MR) is 104 cm³/mol. The topological polar surface area (TPSA) is 38.7 Å². The quantitative estimate of drug-likeness (QED) is 0.591. The molecular formula is C21H25ClF2O3. The average Bonchev–Trinajstić information content (AvgIpc) is 2.70. The van der Waals surface area contributed by atoms with E-state index in [0.717, 1.165) is 11.1 Å². The normalized spacial score (nSPS) is 13.9. The Kier molecular flexibility index (Phi) is 7.87. The number of aliphatic hydroxyl groups excluding tert-OH is 1. The molecular weight excluding hydrogens is 374 g/mol. The predicted octanol–water partition coefficient (Wildman–Crippen LogP) is 4.68. The molecule has 0 saturated heterocycles. The zero-order chi connectivity index (χ0) is 19.9. The molecule has 0 radical (unpaired) electrons. The van der Waals surface area contributed by atoms with Gasteiger partial charge in [0.2, 0.25) is 0 Å². The van der Waals surface area contributed by atoms with Crippen LogP contribution in [0.15, 0.2) is 48.5 Å². The van der Waals surface area contributed by atoms with E-state index in [1.807, 2.05) is 36.4 Å². The number of rotatable bonds is 10. The van der Waals surface area contributed by atoms with Crippen molar-refractivity contribution in [3.63, 3.8) is 0 Å². The van der Waals surface area contributed by atoms with Crippen molar-refractivity contribution in [1.82, 2.24) is 0 Å². The van der Waals surface area contributed by atoms with Crippen LogP contribution >= 0.6 is 11.6 Å². The SMILES string of the molecule is CC(C)(c1ccc(OC[C@H](O)CCl)cc1)c1ccc(OC[C@H](F)CF)cc1. The third kappa shape index (κ3) is 6.08. The minimum absolute atomic E-state index is 0.130. The smallest absolute Gasteiger partial charge is 0.162 e. The number of hydrogen-bond donors (Lipinski definition) is 1. The van der Waals surface area contributed by atoms with E-state index in [1.54, 1.807) is 12.1 Å². The molecule has 1 N–H and O–H groups in total. The Morgan fingerprint density at radius 2 is 1.37 bits per heavy atom. The molecule has 0 aliphatic rings. The first-order chi connectivity index (χ1) is 12.9. The van der Waals surface area contributed by atoms with Gasteiger partial charge in [-0.15, -0.1) is 11.6 Å². The van der Waals surface area contributed by atoms with E-state index in [4.69, 9.17) is 21.1 Å². The molecule has 0 heterocycles. The molecule has 2 aromatic rings.